The average molecular weight is 240 g/mol. The number of benzene rings is 1. The molecule has 0 unspecified atom stereocenters. The van der Waals surface area contributed by atoms with Gasteiger partial charge in [0.1, 0.15) is 0 Å². The third-order valence-electron chi connectivity index (χ3n) is 2.94. The molecule has 2 aromatic rings. The maximum atomic E-state index is 8.77. The maximum Gasteiger partial charge on any atom is 0.0991 e. The first kappa shape index (κ1) is 12.2. The van der Waals surface area contributed by atoms with E-state index in [0.29, 0.717) is 5.56 Å². The van der Waals surface area contributed by atoms with Gasteiger partial charge >= 0.3 is 0 Å². The van der Waals surface area contributed by atoms with Gasteiger partial charge in [0.25, 0.3) is 0 Å². The van der Waals surface area contributed by atoms with Gasteiger partial charge in [0, 0.05) is 19.8 Å². The molecule has 0 atom stereocenters. The summed E-state index contributed by atoms with van der Waals surface area (Å²) in [6.45, 7) is 2.79. The Labute approximate surface area is 107 Å². The van der Waals surface area contributed by atoms with Crippen LogP contribution in [-0.2, 0) is 13.6 Å². The molecule has 0 N–H and O–H groups in total. The number of hydrogen-bond donors (Lipinski definition) is 0. The fraction of sp³-hybridized carbons (Fsp3) is 0.286. The molecule has 1 aromatic heterocycles. The molecule has 1 heterocycles. The molecule has 4 heteroatoms. The van der Waals surface area contributed by atoms with E-state index < -0.39 is 0 Å². The molecule has 0 fully saturated rings. The quantitative estimate of drug-likeness (QED) is 0.826. The summed E-state index contributed by atoms with van der Waals surface area (Å²) in [5, 5.41) is 13.1. The first-order valence-corrected chi connectivity index (χ1v) is 5.81. The fourth-order valence-corrected chi connectivity index (χ4v) is 1.94. The van der Waals surface area contributed by atoms with E-state index in [2.05, 4.69) is 22.1 Å². The van der Waals surface area contributed by atoms with Crippen LogP contribution < -0.4 is 4.90 Å². The summed E-state index contributed by atoms with van der Waals surface area (Å²) in [5.74, 6) is 0. The number of aromatic nitrogens is 2. The molecule has 92 valence electrons. The zero-order chi connectivity index (χ0) is 13.1. The van der Waals surface area contributed by atoms with Gasteiger partial charge in [0.05, 0.1) is 29.6 Å². The van der Waals surface area contributed by atoms with Gasteiger partial charge in [-0.1, -0.05) is 0 Å². The SMILES string of the molecule is Cc1cc(CN(C)c2ccc(C#N)cc2)n(C)n1. The second kappa shape index (κ2) is 4.92. The van der Waals surface area contributed by atoms with Crippen molar-refractivity contribution in [2.24, 2.45) is 7.05 Å². The van der Waals surface area contributed by atoms with Gasteiger partial charge in [-0.25, -0.2) is 0 Å². The molecule has 18 heavy (non-hydrogen) atoms. The highest BCUT2D eigenvalue weighted by molar-refractivity contribution is 5.49. The Kier molecular flexibility index (Phi) is 3.33. The van der Waals surface area contributed by atoms with Crippen molar-refractivity contribution in [3.8, 4) is 6.07 Å². The Morgan fingerprint density at radius 3 is 2.50 bits per heavy atom. The lowest BCUT2D eigenvalue weighted by atomic mass is 10.2. The van der Waals surface area contributed by atoms with Gasteiger partial charge in [-0.15, -0.1) is 0 Å². The Morgan fingerprint density at radius 2 is 2.00 bits per heavy atom. The summed E-state index contributed by atoms with van der Waals surface area (Å²) >= 11 is 0. The number of aryl methyl sites for hydroxylation is 2. The lowest BCUT2D eigenvalue weighted by Crippen LogP contribution is -2.18. The highest BCUT2D eigenvalue weighted by atomic mass is 15.3. The zero-order valence-corrected chi connectivity index (χ0v) is 10.9. The molecular formula is C14H16N4. The Bertz CT molecular complexity index is 575. The van der Waals surface area contributed by atoms with E-state index in [4.69, 9.17) is 5.26 Å². The van der Waals surface area contributed by atoms with E-state index in [1.54, 1.807) is 0 Å². The van der Waals surface area contributed by atoms with Crippen LogP contribution in [0.25, 0.3) is 0 Å². The van der Waals surface area contributed by atoms with Gasteiger partial charge < -0.3 is 4.90 Å². The normalized spacial score (nSPS) is 10.1. The third-order valence-corrected chi connectivity index (χ3v) is 2.94. The van der Waals surface area contributed by atoms with Gasteiger partial charge in [-0.2, -0.15) is 10.4 Å². The van der Waals surface area contributed by atoms with Crippen molar-refractivity contribution < 1.29 is 0 Å². The molecule has 0 aliphatic heterocycles. The highest BCUT2D eigenvalue weighted by Gasteiger charge is 2.06. The molecule has 0 spiro atoms. The van der Waals surface area contributed by atoms with Crippen molar-refractivity contribution in [1.82, 2.24) is 9.78 Å². The van der Waals surface area contributed by atoms with Crippen molar-refractivity contribution in [2.75, 3.05) is 11.9 Å². The molecule has 2 rings (SSSR count). The Balaban J connectivity index is 2.14. The number of rotatable bonds is 3. The summed E-state index contributed by atoms with van der Waals surface area (Å²) in [4.78, 5) is 2.14. The molecular weight excluding hydrogens is 224 g/mol. The van der Waals surface area contributed by atoms with Crippen LogP contribution in [0.3, 0.4) is 0 Å². The topological polar surface area (TPSA) is 44.9 Å². The molecule has 0 bridgehead atoms. The van der Waals surface area contributed by atoms with Crippen LogP contribution in [0.2, 0.25) is 0 Å². The van der Waals surface area contributed by atoms with E-state index in [-0.39, 0.29) is 0 Å². The maximum absolute atomic E-state index is 8.77. The summed E-state index contributed by atoms with van der Waals surface area (Å²) in [6, 6.07) is 11.8. The minimum Gasteiger partial charge on any atom is -0.369 e. The van der Waals surface area contributed by atoms with Crippen LogP contribution in [0.1, 0.15) is 17.0 Å². The molecule has 0 aliphatic carbocycles. The van der Waals surface area contributed by atoms with Gasteiger partial charge in [-0.05, 0) is 37.3 Å². The average Bonchev–Trinajstić information content (AvgIpc) is 2.68. The van der Waals surface area contributed by atoms with Crippen LogP contribution in [0.5, 0.6) is 0 Å². The van der Waals surface area contributed by atoms with E-state index in [1.165, 1.54) is 5.69 Å². The molecule has 4 nitrogen and oxygen atoms in total. The second-order valence-electron chi connectivity index (χ2n) is 4.42. The van der Waals surface area contributed by atoms with Crippen LogP contribution in [0, 0.1) is 18.3 Å². The molecule has 1 aromatic carbocycles. The van der Waals surface area contributed by atoms with Crippen LogP contribution in [-0.4, -0.2) is 16.8 Å². The molecule has 0 saturated heterocycles. The lowest BCUT2D eigenvalue weighted by Gasteiger charge is -2.19. The van der Waals surface area contributed by atoms with Gasteiger partial charge in [0.2, 0.25) is 0 Å². The molecule has 0 amide bonds. The first-order valence-electron chi connectivity index (χ1n) is 5.81. The standard InChI is InChI=1S/C14H16N4/c1-11-8-14(18(3)16-11)10-17(2)13-6-4-12(9-15)5-7-13/h4-8H,10H2,1-3H3. The van der Waals surface area contributed by atoms with Crippen LogP contribution >= 0.6 is 0 Å². The fourth-order valence-electron chi connectivity index (χ4n) is 1.94. The molecule has 0 radical (unpaired) electrons. The van der Waals surface area contributed by atoms with Crippen molar-refractivity contribution >= 4 is 5.69 Å². The summed E-state index contributed by atoms with van der Waals surface area (Å²) in [7, 11) is 3.98. The molecule has 0 aliphatic rings. The highest BCUT2D eigenvalue weighted by Crippen LogP contribution is 2.16. The van der Waals surface area contributed by atoms with E-state index in [0.717, 1.165) is 17.9 Å². The zero-order valence-electron chi connectivity index (χ0n) is 10.9. The van der Waals surface area contributed by atoms with Crippen molar-refractivity contribution in [3.63, 3.8) is 0 Å². The number of anilines is 1. The summed E-state index contributed by atoms with van der Waals surface area (Å²) in [6.07, 6.45) is 0. The molecule has 0 saturated carbocycles. The Morgan fingerprint density at radius 1 is 1.33 bits per heavy atom. The van der Waals surface area contributed by atoms with E-state index in [1.807, 2.05) is 50.0 Å². The minimum atomic E-state index is 0.684. The number of nitriles is 1. The van der Waals surface area contributed by atoms with E-state index >= 15 is 0 Å². The summed E-state index contributed by atoms with van der Waals surface area (Å²) in [5.41, 5.74) is 3.97. The predicted molar refractivity (Wildman–Crippen MR) is 71.2 cm³/mol. The predicted octanol–water partition coefficient (Wildman–Crippen LogP) is 2.24. The minimum absolute atomic E-state index is 0.684. The third kappa shape index (κ3) is 2.51. The van der Waals surface area contributed by atoms with Crippen LogP contribution in [0.4, 0.5) is 5.69 Å². The largest absolute Gasteiger partial charge is 0.369 e. The number of hydrogen-bond acceptors (Lipinski definition) is 3. The second-order valence-corrected chi connectivity index (χ2v) is 4.42. The Hall–Kier alpha value is -2.28. The van der Waals surface area contributed by atoms with E-state index in [9.17, 15) is 0 Å². The van der Waals surface area contributed by atoms with Gasteiger partial charge in [-0.3, -0.25) is 4.68 Å². The first-order chi connectivity index (χ1) is 8.60. The van der Waals surface area contributed by atoms with Crippen molar-refractivity contribution in [3.05, 3.63) is 47.3 Å². The van der Waals surface area contributed by atoms with Gasteiger partial charge in [0.15, 0.2) is 0 Å². The monoisotopic (exact) mass is 240 g/mol. The number of nitrogens with zero attached hydrogens (tertiary/aromatic N) is 4. The smallest absolute Gasteiger partial charge is 0.0991 e. The van der Waals surface area contributed by atoms with Crippen molar-refractivity contribution in [1.29, 1.82) is 5.26 Å². The van der Waals surface area contributed by atoms with Crippen LogP contribution in [0.15, 0.2) is 30.3 Å². The summed E-state index contributed by atoms with van der Waals surface area (Å²) < 4.78 is 1.90. The van der Waals surface area contributed by atoms with Crippen molar-refractivity contribution in [2.45, 2.75) is 13.5 Å². The lowest BCUT2D eigenvalue weighted by molar-refractivity contribution is 0.694.